The molecule has 0 heterocycles. The molecule has 0 bridgehead atoms. The van der Waals surface area contributed by atoms with Crippen LogP contribution < -0.4 is 11.2 Å². The zero-order valence-corrected chi connectivity index (χ0v) is 19.2. The average Bonchev–Trinajstić information content (AvgIpc) is 2.84. The molecule has 5 nitrogen and oxygen atoms in total. The lowest BCUT2D eigenvalue weighted by atomic mass is 10.1. The number of rotatable bonds is 11. The lowest BCUT2D eigenvalue weighted by Crippen LogP contribution is -2.16. The van der Waals surface area contributed by atoms with E-state index in [0.29, 0.717) is 6.42 Å². The standard InChI is InChI=1S/C26H29NO2S.H3NO/c1-2-3-4-8-11-25(26(28)29)30-24-18-16-23(17-19-24)27-22-14-12-21(13-15-22)20-9-6-5-7-10-20;1-2/h5-7,9-10,12-19,25,27H,2-4,8,11H2,1H3,(H,28,29);2H,1H2. The van der Waals surface area contributed by atoms with E-state index < -0.39 is 5.97 Å². The van der Waals surface area contributed by atoms with Gasteiger partial charge in [-0.2, -0.15) is 0 Å². The van der Waals surface area contributed by atoms with Crippen molar-refractivity contribution in [1.29, 1.82) is 0 Å². The summed E-state index contributed by atoms with van der Waals surface area (Å²) in [4.78, 5) is 12.6. The number of unbranched alkanes of at least 4 members (excludes halogenated alkanes) is 3. The molecule has 1 atom stereocenters. The molecule has 0 saturated carbocycles. The van der Waals surface area contributed by atoms with Crippen LogP contribution in [0.25, 0.3) is 11.1 Å². The number of nitrogens with one attached hydrogen (secondary N) is 1. The summed E-state index contributed by atoms with van der Waals surface area (Å²) in [5.41, 5.74) is 4.40. The molecule has 0 fully saturated rings. The number of thioether (sulfide) groups is 1. The van der Waals surface area contributed by atoms with E-state index in [-0.39, 0.29) is 5.25 Å². The second-order valence-corrected chi connectivity index (χ2v) is 8.66. The Morgan fingerprint density at radius 2 is 1.41 bits per heavy atom. The normalized spacial score (nSPS) is 11.2. The number of benzene rings is 3. The Hall–Kier alpha value is -2.80. The van der Waals surface area contributed by atoms with E-state index in [1.807, 2.05) is 42.5 Å². The molecule has 0 radical (unpaired) electrons. The number of hydrogen-bond donors (Lipinski definition) is 4. The predicted molar refractivity (Wildman–Crippen MR) is 134 cm³/mol. The molecule has 1 unspecified atom stereocenters. The molecule has 0 saturated heterocycles. The van der Waals surface area contributed by atoms with Crippen molar-refractivity contribution in [3.8, 4) is 11.1 Å². The number of hydrogen-bond acceptors (Lipinski definition) is 5. The minimum Gasteiger partial charge on any atom is -0.480 e. The van der Waals surface area contributed by atoms with Crippen molar-refractivity contribution in [2.75, 3.05) is 5.32 Å². The lowest BCUT2D eigenvalue weighted by Gasteiger charge is -2.13. The second kappa shape index (κ2) is 14.3. The van der Waals surface area contributed by atoms with Gasteiger partial charge < -0.3 is 15.6 Å². The minimum atomic E-state index is -0.725. The lowest BCUT2D eigenvalue weighted by molar-refractivity contribution is -0.136. The fourth-order valence-electron chi connectivity index (χ4n) is 3.31. The van der Waals surface area contributed by atoms with E-state index in [1.54, 1.807) is 0 Å². The molecule has 5 N–H and O–H groups in total. The van der Waals surface area contributed by atoms with E-state index in [0.717, 1.165) is 35.5 Å². The summed E-state index contributed by atoms with van der Waals surface area (Å²) < 4.78 is 0. The van der Waals surface area contributed by atoms with Crippen molar-refractivity contribution in [2.24, 2.45) is 5.90 Å². The first-order chi connectivity index (χ1) is 15.7. The van der Waals surface area contributed by atoms with Crippen molar-refractivity contribution < 1.29 is 15.1 Å². The number of aliphatic carboxylic acids is 1. The van der Waals surface area contributed by atoms with Gasteiger partial charge in [-0.3, -0.25) is 4.79 Å². The van der Waals surface area contributed by atoms with E-state index in [2.05, 4.69) is 54.5 Å². The molecule has 0 amide bonds. The third kappa shape index (κ3) is 8.38. The zero-order chi connectivity index (χ0) is 23.2. The Morgan fingerprint density at radius 1 is 0.844 bits per heavy atom. The summed E-state index contributed by atoms with van der Waals surface area (Å²) in [5, 5.41) is 19.0. The molecule has 3 aromatic carbocycles. The van der Waals surface area contributed by atoms with Gasteiger partial charge in [-0.25, -0.2) is 5.90 Å². The highest BCUT2D eigenvalue weighted by molar-refractivity contribution is 8.00. The number of carboxylic acids is 1. The number of carboxylic acid groups (broad SMARTS) is 1. The number of anilines is 2. The summed E-state index contributed by atoms with van der Waals surface area (Å²) in [6.07, 6.45) is 5.12. The topological polar surface area (TPSA) is 95.6 Å². The van der Waals surface area contributed by atoms with Gasteiger partial charge in [0.2, 0.25) is 0 Å². The summed E-state index contributed by atoms with van der Waals surface area (Å²) in [5.74, 6) is 2.78. The van der Waals surface area contributed by atoms with Crippen LogP contribution >= 0.6 is 11.8 Å². The largest absolute Gasteiger partial charge is 0.480 e. The second-order valence-electron chi connectivity index (χ2n) is 7.39. The third-order valence-corrected chi connectivity index (χ3v) is 6.27. The van der Waals surface area contributed by atoms with Crippen LogP contribution in [0.5, 0.6) is 0 Å². The Bertz CT molecular complexity index is 916. The van der Waals surface area contributed by atoms with Crippen LogP contribution in [0, 0.1) is 0 Å². The summed E-state index contributed by atoms with van der Waals surface area (Å²) in [6, 6.07) is 26.7. The molecular weight excluding hydrogens is 420 g/mol. The molecule has 170 valence electrons. The van der Waals surface area contributed by atoms with Gasteiger partial charge in [0.15, 0.2) is 0 Å². The van der Waals surface area contributed by atoms with Crippen LogP contribution in [0.15, 0.2) is 83.8 Å². The SMILES string of the molecule is CCCCCCC(Sc1ccc(Nc2ccc(-c3ccccc3)cc2)cc1)C(=O)O.NO. The molecule has 32 heavy (non-hydrogen) atoms. The van der Waals surface area contributed by atoms with Crippen LogP contribution in [0.3, 0.4) is 0 Å². The van der Waals surface area contributed by atoms with Crippen molar-refractivity contribution >= 4 is 29.1 Å². The Morgan fingerprint density at radius 3 is 1.97 bits per heavy atom. The van der Waals surface area contributed by atoms with Gasteiger partial charge in [-0.1, -0.05) is 75.1 Å². The molecular formula is C26H32N2O3S. The number of carbonyl (C=O) groups is 1. The maximum Gasteiger partial charge on any atom is 0.316 e. The van der Waals surface area contributed by atoms with Gasteiger partial charge in [0.05, 0.1) is 0 Å². The summed E-state index contributed by atoms with van der Waals surface area (Å²) >= 11 is 1.44. The van der Waals surface area contributed by atoms with Crippen molar-refractivity contribution in [2.45, 2.75) is 49.2 Å². The quantitative estimate of drug-likeness (QED) is 0.143. The van der Waals surface area contributed by atoms with Gasteiger partial charge >= 0.3 is 5.97 Å². The van der Waals surface area contributed by atoms with E-state index in [9.17, 15) is 9.90 Å². The molecule has 0 aliphatic carbocycles. The Labute approximate surface area is 194 Å². The van der Waals surface area contributed by atoms with Crippen molar-refractivity contribution in [3.05, 3.63) is 78.9 Å². The first-order valence-corrected chi connectivity index (χ1v) is 11.7. The van der Waals surface area contributed by atoms with Crippen LogP contribution in [-0.2, 0) is 4.79 Å². The molecule has 0 aliphatic heterocycles. The van der Waals surface area contributed by atoms with Gasteiger partial charge in [-0.05, 0) is 53.9 Å². The van der Waals surface area contributed by atoms with E-state index in [1.165, 1.54) is 29.3 Å². The Kier molecular flexibility index (Phi) is 11.4. The molecule has 0 aromatic heterocycles. The zero-order valence-electron chi connectivity index (χ0n) is 18.4. The minimum absolute atomic E-state index is 0.383. The molecule has 3 aromatic rings. The van der Waals surface area contributed by atoms with Crippen LogP contribution in [0.1, 0.15) is 39.0 Å². The van der Waals surface area contributed by atoms with Crippen LogP contribution in [0.4, 0.5) is 11.4 Å². The average molecular weight is 453 g/mol. The Balaban J connectivity index is 0.00000176. The first kappa shape index (κ1) is 25.5. The van der Waals surface area contributed by atoms with Crippen LogP contribution in [-0.4, -0.2) is 21.5 Å². The summed E-state index contributed by atoms with van der Waals surface area (Å²) in [6.45, 7) is 2.16. The fourth-order valence-corrected chi connectivity index (χ4v) is 4.32. The maximum atomic E-state index is 11.6. The molecule has 0 aliphatic rings. The first-order valence-electron chi connectivity index (χ1n) is 10.8. The fraction of sp³-hybridized carbons (Fsp3) is 0.269. The van der Waals surface area contributed by atoms with Gasteiger partial charge in [0.1, 0.15) is 5.25 Å². The highest BCUT2D eigenvalue weighted by Gasteiger charge is 2.18. The van der Waals surface area contributed by atoms with Gasteiger partial charge in [-0.15, -0.1) is 11.8 Å². The molecule has 6 heteroatoms. The van der Waals surface area contributed by atoms with Crippen molar-refractivity contribution in [3.63, 3.8) is 0 Å². The van der Waals surface area contributed by atoms with Crippen molar-refractivity contribution in [1.82, 2.24) is 0 Å². The van der Waals surface area contributed by atoms with E-state index in [4.69, 9.17) is 5.21 Å². The molecule has 0 spiro atoms. The van der Waals surface area contributed by atoms with E-state index >= 15 is 0 Å². The predicted octanol–water partition coefficient (Wildman–Crippen LogP) is 6.95. The van der Waals surface area contributed by atoms with Crippen LogP contribution in [0.2, 0.25) is 0 Å². The maximum absolute atomic E-state index is 11.6. The molecule has 3 rings (SSSR count). The van der Waals surface area contributed by atoms with Gasteiger partial charge in [0, 0.05) is 16.3 Å². The third-order valence-electron chi connectivity index (χ3n) is 5.01. The monoisotopic (exact) mass is 452 g/mol. The smallest absolute Gasteiger partial charge is 0.316 e. The highest BCUT2D eigenvalue weighted by atomic mass is 32.2. The number of nitrogens with two attached hydrogens (primary N) is 1. The summed E-state index contributed by atoms with van der Waals surface area (Å²) in [7, 11) is 0. The highest BCUT2D eigenvalue weighted by Crippen LogP contribution is 2.29. The van der Waals surface area contributed by atoms with Gasteiger partial charge in [0.25, 0.3) is 0 Å².